The number of hydrogen-bond donors (Lipinski definition) is 0. The Morgan fingerprint density at radius 1 is 1.24 bits per heavy atom. The van der Waals surface area contributed by atoms with E-state index in [0.717, 1.165) is 21.6 Å². The van der Waals surface area contributed by atoms with Crippen LogP contribution in [0.25, 0.3) is 10.2 Å². The zero-order chi connectivity index (χ0) is 23.7. The lowest BCUT2D eigenvalue weighted by Crippen LogP contribution is -2.47. The molecule has 1 aliphatic rings. The van der Waals surface area contributed by atoms with Crippen molar-refractivity contribution >= 4 is 54.0 Å². The highest BCUT2D eigenvalue weighted by Gasteiger charge is 2.42. The van der Waals surface area contributed by atoms with E-state index in [-0.39, 0.29) is 16.7 Å². The van der Waals surface area contributed by atoms with Crippen LogP contribution in [0.5, 0.6) is 5.75 Å². The second-order valence-corrected chi connectivity index (χ2v) is 11.9. The highest BCUT2D eigenvalue weighted by Crippen LogP contribution is 2.35. The van der Waals surface area contributed by atoms with Gasteiger partial charge in [0, 0.05) is 12.7 Å². The van der Waals surface area contributed by atoms with Crippen LogP contribution in [0.1, 0.15) is 18.5 Å². The highest BCUT2D eigenvalue weighted by molar-refractivity contribution is 7.91. The fraction of sp³-hybridized carbons (Fsp3) is 0.261. The molecule has 0 aliphatic carbocycles. The number of methoxy groups -OCH3 is 1. The van der Waals surface area contributed by atoms with E-state index in [2.05, 4.69) is 9.97 Å². The van der Waals surface area contributed by atoms with Crippen molar-refractivity contribution in [3.8, 4) is 5.75 Å². The van der Waals surface area contributed by atoms with Gasteiger partial charge in [-0.2, -0.15) is 4.31 Å². The second-order valence-electron chi connectivity index (χ2n) is 7.78. The van der Waals surface area contributed by atoms with Gasteiger partial charge in [-0.15, -0.1) is 11.3 Å². The van der Waals surface area contributed by atoms with Crippen LogP contribution in [0.15, 0.2) is 64.3 Å². The van der Waals surface area contributed by atoms with E-state index in [1.165, 1.54) is 15.6 Å². The van der Waals surface area contributed by atoms with Crippen molar-refractivity contribution in [2.75, 3.05) is 18.6 Å². The number of rotatable bonds is 7. The maximum absolute atomic E-state index is 13.9. The topological polar surface area (TPSA) is 92.7 Å². The van der Waals surface area contributed by atoms with E-state index in [4.69, 9.17) is 4.74 Å². The van der Waals surface area contributed by atoms with Crippen LogP contribution in [0.4, 0.5) is 5.13 Å². The van der Waals surface area contributed by atoms with Crippen LogP contribution in [-0.2, 0) is 21.4 Å². The first-order valence-electron chi connectivity index (χ1n) is 10.7. The second kappa shape index (κ2) is 9.41. The van der Waals surface area contributed by atoms with Gasteiger partial charge in [-0.05, 0) is 54.6 Å². The van der Waals surface area contributed by atoms with Crippen LogP contribution in [0.2, 0.25) is 0 Å². The van der Waals surface area contributed by atoms with E-state index < -0.39 is 16.1 Å². The summed E-state index contributed by atoms with van der Waals surface area (Å²) in [6.45, 7) is 0.505. The van der Waals surface area contributed by atoms with Crippen molar-refractivity contribution in [2.24, 2.45) is 0 Å². The van der Waals surface area contributed by atoms with Crippen molar-refractivity contribution in [2.45, 2.75) is 29.6 Å². The molecule has 5 rings (SSSR count). The number of fused-ring (bicyclic) bond motifs is 1. The minimum atomic E-state index is -3.76. The van der Waals surface area contributed by atoms with Crippen LogP contribution in [0.3, 0.4) is 0 Å². The Morgan fingerprint density at radius 2 is 2.12 bits per heavy atom. The summed E-state index contributed by atoms with van der Waals surface area (Å²) in [5.74, 6) is 0.406. The summed E-state index contributed by atoms with van der Waals surface area (Å²) in [5, 5.41) is 2.22. The van der Waals surface area contributed by atoms with E-state index >= 15 is 0 Å². The molecule has 0 radical (unpaired) electrons. The Kier molecular flexibility index (Phi) is 6.34. The third kappa shape index (κ3) is 4.31. The predicted octanol–water partition coefficient (Wildman–Crippen LogP) is 4.15. The Morgan fingerprint density at radius 3 is 2.85 bits per heavy atom. The van der Waals surface area contributed by atoms with Gasteiger partial charge < -0.3 is 4.74 Å². The van der Waals surface area contributed by atoms with Gasteiger partial charge in [-0.1, -0.05) is 23.5 Å². The maximum Gasteiger partial charge on any atom is 0.253 e. The van der Waals surface area contributed by atoms with Gasteiger partial charge >= 0.3 is 0 Å². The van der Waals surface area contributed by atoms with E-state index in [1.807, 2.05) is 36.4 Å². The van der Waals surface area contributed by atoms with Gasteiger partial charge in [-0.25, -0.2) is 13.4 Å². The van der Waals surface area contributed by atoms with Crippen molar-refractivity contribution in [1.29, 1.82) is 0 Å². The Bertz CT molecular complexity index is 1400. The molecule has 34 heavy (non-hydrogen) atoms. The SMILES string of the molecule is COc1ccc2nc(N(Cc3ccccn3)C(=O)[C@@H]3CCCN3S(=O)(=O)c3cccs3)sc2c1. The number of thiophene rings is 1. The number of nitrogens with zero attached hydrogens (tertiary/aromatic N) is 4. The number of benzene rings is 1. The summed E-state index contributed by atoms with van der Waals surface area (Å²) >= 11 is 2.53. The molecule has 0 bridgehead atoms. The van der Waals surface area contributed by atoms with Gasteiger partial charge in [0.05, 0.1) is 29.6 Å². The lowest BCUT2D eigenvalue weighted by Gasteiger charge is -2.28. The van der Waals surface area contributed by atoms with Gasteiger partial charge in [0.25, 0.3) is 10.0 Å². The fourth-order valence-electron chi connectivity index (χ4n) is 4.01. The first-order chi connectivity index (χ1) is 16.5. The summed E-state index contributed by atoms with van der Waals surface area (Å²) < 4.78 is 34.3. The highest BCUT2D eigenvalue weighted by atomic mass is 32.2. The van der Waals surface area contributed by atoms with Crippen molar-refractivity contribution < 1.29 is 17.9 Å². The Labute approximate surface area is 205 Å². The molecular weight excluding hydrogens is 492 g/mol. The quantitative estimate of drug-likeness (QED) is 0.368. The molecular formula is C23H22N4O4S3. The number of carbonyl (C=O) groups excluding carboxylic acids is 1. The molecule has 1 fully saturated rings. The smallest absolute Gasteiger partial charge is 0.253 e. The molecule has 0 N–H and O–H groups in total. The third-order valence-corrected chi connectivity index (χ3v) is 10.00. The normalized spacial score (nSPS) is 16.7. The average Bonchev–Trinajstić information content (AvgIpc) is 3.62. The summed E-state index contributed by atoms with van der Waals surface area (Å²) in [4.78, 5) is 24.5. The number of aromatic nitrogens is 2. The molecule has 176 valence electrons. The summed E-state index contributed by atoms with van der Waals surface area (Å²) in [5.41, 5.74) is 1.44. The first-order valence-corrected chi connectivity index (χ1v) is 13.8. The number of anilines is 1. The molecule has 4 heterocycles. The summed E-state index contributed by atoms with van der Waals surface area (Å²) in [6.07, 6.45) is 2.75. The molecule has 4 aromatic rings. The van der Waals surface area contributed by atoms with Crippen LogP contribution in [-0.4, -0.2) is 48.3 Å². The van der Waals surface area contributed by atoms with E-state index in [1.54, 1.807) is 35.7 Å². The minimum Gasteiger partial charge on any atom is -0.497 e. The van der Waals surface area contributed by atoms with Gasteiger partial charge in [0.2, 0.25) is 5.91 Å². The fourth-order valence-corrected chi connectivity index (χ4v) is 7.78. The zero-order valence-electron chi connectivity index (χ0n) is 18.3. The molecule has 1 amide bonds. The number of sulfonamides is 1. The van der Waals surface area contributed by atoms with Crippen LogP contribution >= 0.6 is 22.7 Å². The van der Waals surface area contributed by atoms with Gasteiger partial charge in [0.15, 0.2) is 5.13 Å². The summed E-state index contributed by atoms with van der Waals surface area (Å²) in [6, 6.07) is 13.5. The third-order valence-electron chi connectivity index (χ3n) is 5.67. The Balaban J connectivity index is 1.53. The lowest BCUT2D eigenvalue weighted by molar-refractivity contribution is -0.121. The van der Waals surface area contributed by atoms with Crippen molar-refractivity contribution in [3.63, 3.8) is 0 Å². The molecule has 0 saturated carbocycles. The first kappa shape index (κ1) is 22.9. The largest absolute Gasteiger partial charge is 0.497 e. The van der Waals surface area contributed by atoms with Crippen molar-refractivity contribution in [3.05, 3.63) is 65.8 Å². The van der Waals surface area contributed by atoms with Gasteiger partial charge in [0.1, 0.15) is 16.0 Å². The van der Waals surface area contributed by atoms with E-state index in [9.17, 15) is 13.2 Å². The average molecular weight is 515 g/mol. The minimum absolute atomic E-state index is 0.194. The zero-order valence-corrected chi connectivity index (χ0v) is 20.8. The van der Waals surface area contributed by atoms with Gasteiger partial charge in [-0.3, -0.25) is 14.7 Å². The van der Waals surface area contributed by atoms with E-state index in [0.29, 0.717) is 36.0 Å². The Hall–Kier alpha value is -2.86. The monoisotopic (exact) mass is 514 g/mol. The predicted molar refractivity (Wildman–Crippen MR) is 133 cm³/mol. The standard InChI is InChI=1S/C23H22N4O4S3/c1-31-17-9-10-18-20(14-17)33-23(25-18)26(15-16-6-2-3-11-24-16)22(28)19-7-4-12-27(19)34(29,30)21-8-5-13-32-21/h2-3,5-6,8-11,13-14,19H,4,7,12,15H2,1H3/t19-/m0/s1. The molecule has 8 nitrogen and oxygen atoms in total. The number of pyridine rings is 1. The number of thiazole rings is 1. The summed E-state index contributed by atoms with van der Waals surface area (Å²) in [7, 11) is -2.16. The molecule has 3 aromatic heterocycles. The molecule has 0 spiro atoms. The molecule has 0 unspecified atom stereocenters. The number of carbonyl (C=O) groups is 1. The molecule has 11 heteroatoms. The molecule has 1 aliphatic heterocycles. The number of hydrogen-bond acceptors (Lipinski definition) is 8. The van der Waals surface area contributed by atoms with Crippen LogP contribution in [0, 0.1) is 0 Å². The van der Waals surface area contributed by atoms with Crippen molar-refractivity contribution in [1.82, 2.24) is 14.3 Å². The van der Waals surface area contributed by atoms with Crippen LogP contribution < -0.4 is 9.64 Å². The number of amides is 1. The maximum atomic E-state index is 13.9. The molecule has 1 atom stereocenters. The molecule has 1 saturated heterocycles. The molecule has 1 aromatic carbocycles. The lowest BCUT2D eigenvalue weighted by atomic mass is 10.2. The number of ether oxygens (including phenoxy) is 1.